The number of piperidine rings is 1. The van der Waals surface area contributed by atoms with Crippen LogP contribution in [0.5, 0.6) is 5.75 Å². The van der Waals surface area contributed by atoms with E-state index in [4.69, 9.17) is 47.0 Å². The maximum atomic E-state index is 12.3. The van der Waals surface area contributed by atoms with E-state index in [0.717, 1.165) is 35.3 Å². The summed E-state index contributed by atoms with van der Waals surface area (Å²) in [4.78, 5) is 17.8. The average Bonchev–Trinajstić information content (AvgIpc) is 2.95. The smallest absolute Gasteiger partial charge is 0.494 e. The summed E-state index contributed by atoms with van der Waals surface area (Å²) in [5, 5.41) is 2.78. The lowest BCUT2D eigenvalue weighted by Crippen LogP contribution is -2.45. The molecule has 1 heterocycles. The molecule has 1 aliphatic heterocycles. The third kappa shape index (κ3) is 10.5. The van der Waals surface area contributed by atoms with E-state index in [1.54, 1.807) is 44.0 Å². The Labute approximate surface area is 258 Å². The summed E-state index contributed by atoms with van der Waals surface area (Å²) >= 11 is 12.6. The Morgan fingerprint density at radius 1 is 0.952 bits per heavy atom. The van der Waals surface area contributed by atoms with Gasteiger partial charge in [0.05, 0.1) is 39.1 Å². The lowest BCUT2D eigenvalue weighted by atomic mass is 9.87. The van der Waals surface area contributed by atoms with Crippen molar-refractivity contribution < 1.29 is 28.6 Å². The zero-order valence-corrected chi connectivity index (χ0v) is 25.9. The summed E-state index contributed by atoms with van der Waals surface area (Å²) in [6.45, 7) is 8.40. The molecule has 226 valence electrons. The van der Waals surface area contributed by atoms with E-state index in [0.29, 0.717) is 43.0 Å². The quantitative estimate of drug-likeness (QED) is 0.150. The summed E-state index contributed by atoms with van der Waals surface area (Å²) in [6.07, 6.45) is 0.511. The van der Waals surface area contributed by atoms with Gasteiger partial charge in [0.2, 0.25) is 0 Å². The van der Waals surface area contributed by atoms with Gasteiger partial charge in [0.25, 0.3) is 0 Å². The SMILES string of the molecule is CC(C)(C)OC(=O)ON1CCC(c2ccc(OCCCOCc3ccccc3)cc2)C(OCc2cc(Cl)ccc2Cl)C1. The van der Waals surface area contributed by atoms with Crippen LogP contribution in [0.3, 0.4) is 0 Å². The fourth-order valence-electron chi connectivity index (χ4n) is 4.67. The minimum atomic E-state index is -0.732. The highest BCUT2D eigenvalue weighted by atomic mass is 35.5. The Bertz CT molecular complexity index is 1270. The third-order valence-corrected chi connectivity index (χ3v) is 7.30. The second-order valence-electron chi connectivity index (χ2n) is 11.2. The summed E-state index contributed by atoms with van der Waals surface area (Å²) in [6, 6.07) is 23.5. The molecule has 4 rings (SSSR count). The summed E-state index contributed by atoms with van der Waals surface area (Å²) in [7, 11) is 0. The second-order valence-corrected chi connectivity index (χ2v) is 12.1. The van der Waals surface area contributed by atoms with Crippen LogP contribution in [0.2, 0.25) is 10.0 Å². The van der Waals surface area contributed by atoms with Gasteiger partial charge in [0, 0.05) is 28.9 Å². The number of halogens is 2. The summed E-state index contributed by atoms with van der Waals surface area (Å²) in [5.74, 6) is 0.873. The molecular formula is C33H39Cl2NO6. The lowest BCUT2D eigenvalue weighted by molar-refractivity contribution is -0.179. The third-order valence-electron chi connectivity index (χ3n) is 6.70. The van der Waals surface area contributed by atoms with Crippen molar-refractivity contribution in [2.75, 3.05) is 26.3 Å². The molecule has 0 radical (unpaired) electrons. The van der Waals surface area contributed by atoms with Crippen LogP contribution in [-0.4, -0.2) is 49.2 Å². The molecule has 1 saturated heterocycles. The van der Waals surface area contributed by atoms with E-state index >= 15 is 0 Å². The predicted octanol–water partition coefficient (Wildman–Crippen LogP) is 8.22. The molecule has 1 aliphatic rings. The Kier molecular flexibility index (Phi) is 11.9. The molecule has 0 spiro atoms. The van der Waals surface area contributed by atoms with Gasteiger partial charge >= 0.3 is 6.16 Å². The average molecular weight is 617 g/mol. The fraction of sp³-hybridized carbons (Fsp3) is 0.424. The molecule has 0 N–H and O–H groups in total. The van der Waals surface area contributed by atoms with Crippen LogP contribution in [0.15, 0.2) is 72.8 Å². The van der Waals surface area contributed by atoms with Gasteiger partial charge in [-0.2, -0.15) is 0 Å². The standard InChI is InChI=1S/C33H39Cl2NO6/c1-33(2,3)41-32(37)42-36-17-16-29(31(21-36)40-23-26-20-27(34)12-15-30(26)35)25-10-13-28(14-11-25)39-19-7-18-38-22-24-8-5-4-6-9-24/h4-6,8-15,20,29,31H,7,16-19,21-23H2,1-3H3. The van der Waals surface area contributed by atoms with Gasteiger partial charge in [0.15, 0.2) is 0 Å². The van der Waals surface area contributed by atoms with Gasteiger partial charge in [-0.1, -0.05) is 65.7 Å². The molecule has 9 heteroatoms. The zero-order chi connectivity index (χ0) is 30.0. The lowest BCUT2D eigenvalue weighted by Gasteiger charge is -2.37. The van der Waals surface area contributed by atoms with Crippen molar-refractivity contribution in [3.05, 3.63) is 99.5 Å². The largest absolute Gasteiger partial charge is 0.528 e. The molecule has 3 aromatic carbocycles. The van der Waals surface area contributed by atoms with Gasteiger partial charge in [-0.15, -0.1) is 5.06 Å². The fourth-order valence-corrected chi connectivity index (χ4v) is 5.04. The minimum absolute atomic E-state index is 0.0712. The predicted molar refractivity (Wildman–Crippen MR) is 164 cm³/mol. The first kappa shape index (κ1) is 32.1. The van der Waals surface area contributed by atoms with Crippen LogP contribution in [0, 0.1) is 0 Å². The molecule has 0 amide bonds. The number of ether oxygens (including phenoxy) is 4. The van der Waals surface area contributed by atoms with Crippen LogP contribution < -0.4 is 4.74 Å². The van der Waals surface area contributed by atoms with Crippen molar-refractivity contribution in [3.8, 4) is 5.75 Å². The summed E-state index contributed by atoms with van der Waals surface area (Å²) in [5.41, 5.74) is 2.43. The summed E-state index contributed by atoms with van der Waals surface area (Å²) < 4.78 is 23.4. The van der Waals surface area contributed by atoms with E-state index in [2.05, 4.69) is 24.3 Å². The van der Waals surface area contributed by atoms with Crippen LogP contribution in [0.25, 0.3) is 0 Å². The van der Waals surface area contributed by atoms with Gasteiger partial charge < -0.3 is 23.8 Å². The topological polar surface area (TPSA) is 66.5 Å². The highest BCUT2D eigenvalue weighted by Gasteiger charge is 2.34. The van der Waals surface area contributed by atoms with E-state index in [1.807, 2.05) is 30.3 Å². The van der Waals surface area contributed by atoms with E-state index in [9.17, 15) is 4.79 Å². The van der Waals surface area contributed by atoms with Crippen LogP contribution in [0.1, 0.15) is 56.2 Å². The van der Waals surface area contributed by atoms with Crippen LogP contribution >= 0.6 is 23.2 Å². The Hall–Kier alpha value is -2.81. The van der Waals surface area contributed by atoms with Crippen molar-refractivity contribution in [2.45, 2.75) is 64.4 Å². The molecule has 7 nitrogen and oxygen atoms in total. The maximum Gasteiger partial charge on any atom is 0.528 e. The molecule has 42 heavy (non-hydrogen) atoms. The number of carbonyl (C=O) groups excluding carboxylic acids is 1. The highest BCUT2D eigenvalue weighted by Crippen LogP contribution is 2.33. The maximum absolute atomic E-state index is 12.3. The van der Waals surface area contributed by atoms with E-state index < -0.39 is 11.8 Å². The molecule has 0 aromatic heterocycles. The first-order valence-corrected chi connectivity index (χ1v) is 15.0. The number of nitrogens with zero attached hydrogens (tertiary/aromatic N) is 1. The van der Waals surface area contributed by atoms with Crippen LogP contribution in [-0.2, 0) is 32.3 Å². The first-order chi connectivity index (χ1) is 20.2. The highest BCUT2D eigenvalue weighted by molar-refractivity contribution is 6.33. The van der Waals surface area contributed by atoms with Gasteiger partial charge in [-0.25, -0.2) is 4.79 Å². The number of hydrogen-bond donors (Lipinski definition) is 0. The number of rotatable bonds is 12. The monoisotopic (exact) mass is 615 g/mol. The van der Waals surface area contributed by atoms with Gasteiger partial charge in [0.1, 0.15) is 11.4 Å². The minimum Gasteiger partial charge on any atom is -0.494 e. The van der Waals surface area contributed by atoms with Gasteiger partial charge in [-0.05, 0) is 74.2 Å². The molecular weight excluding hydrogens is 577 g/mol. The number of carbonyl (C=O) groups is 1. The molecule has 2 unspecified atom stereocenters. The van der Waals surface area contributed by atoms with Crippen molar-refractivity contribution in [3.63, 3.8) is 0 Å². The molecule has 0 bridgehead atoms. The Balaban J connectivity index is 1.33. The van der Waals surface area contributed by atoms with Crippen molar-refractivity contribution in [1.29, 1.82) is 0 Å². The van der Waals surface area contributed by atoms with Crippen LogP contribution in [0.4, 0.5) is 4.79 Å². The molecule has 3 aromatic rings. The zero-order valence-electron chi connectivity index (χ0n) is 24.4. The normalized spacial score (nSPS) is 17.5. The number of hydrogen-bond acceptors (Lipinski definition) is 7. The number of hydroxylamine groups is 2. The molecule has 0 saturated carbocycles. The van der Waals surface area contributed by atoms with E-state index in [1.165, 1.54) is 0 Å². The van der Waals surface area contributed by atoms with E-state index in [-0.39, 0.29) is 18.6 Å². The van der Waals surface area contributed by atoms with Crippen molar-refractivity contribution in [2.24, 2.45) is 0 Å². The molecule has 0 aliphatic carbocycles. The number of benzene rings is 3. The Morgan fingerprint density at radius 3 is 2.45 bits per heavy atom. The second kappa shape index (κ2) is 15.6. The van der Waals surface area contributed by atoms with Crippen molar-refractivity contribution in [1.82, 2.24) is 5.06 Å². The molecule has 1 fully saturated rings. The molecule has 2 atom stereocenters. The Morgan fingerprint density at radius 2 is 1.71 bits per heavy atom. The first-order valence-electron chi connectivity index (χ1n) is 14.2. The van der Waals surface area contributed by atoms with Crippen molar-refractivity contribution >= 4 is 29.4 Å². The van der Waals surface area contributed by atoms with Gasteiger partial charge in [-0.3, -0.25) is 0 Å².